The van der Waals surface area contributed by atoms with Gasteiger partial charge < -0.3 is 9.30 Å². The van der Waals surface area contributed by atoms with E-state index < -0.39 is 40.0 Å². The molecule has 3 rings (SSSR count). The molecule has 1 amide bonds. The van der Waals surface area contributed by atoms with Crippen LogP contribution < -0.4 is 0 Å². The van der Waals surface area contributed by atoms with Gasteiger partial charge in [0.2, 0.25) is 5.91 Å². The van der Waals surface area contributed by atoms with Crippen LogP contribution in [0.15, 0.2) is 42.6 Å². The predicted molar refractivity (Wildman–Crippen MR) is 92.5 cm³/mol. The van der Waals surface area contributed by atoms with Crippen LogP contribution in [0.5, 0.6) is 0 Å². The van der Waals surface area contributed by atoms with Gasteiger partial charge in [0.05, 0.1) is 17.8 Å². The van der Waals surface area contributed by atoms with E-state index in [4.69, 9.17) is 16.4 Å². The first-order valence-corrected chi connectivity index (χ1v) is 6.76. The van der Waals surface area contributed by atoms with Crippen LogP contribution in [-0.4, -0.2) is 34.1 Å². The summed E-state index contributed by atoms with van der Waals surface area (Å²) in [6.07, 6.45) is 0.506. The van der Waals surface area contributed by atoms with E-state index in [2.05, 4.69) is 4.98 Å². The zero-order valence-corrected chi connectivity index (χ0v) is 12.0. The maximum atomic E-state index is 13.0. The number of benzene rings is 1. The monoisotopic (exact) mass is 319 g/mol. The third-order valence-corrected chi connectivity index (χ3v) is 3.44. The average Bonchev–Trinajstić information content (AvgIpc) is 3.02. The number of imidazole rings is 1. The fourth-order valence-electron chi connectivity index (χ4n) is 2.34. The summed E-state index contributed by atoms with van der Waals surface area (Å²) < 4.78 is 91.9. The highest BCUT2D eigenvalue weighted by molar-refractivity contribution is 5.81. The lowest BCUT2D eigenvalue weighted by Gasteiger charge is -2.11. The molecular weight excluding hydrogens is 286 g/mol. The Balaban J connectivity index is 2.21. The smallest absolute Gasteiger partial charge is 0.228 e. The van der Waals surface area contributed by atoms with Gasteiger partial charge >= 0.3 is 0 Å². The van der Waals surface area contributed by atoms with Crippen LogP contribution in [0.25, 0.3) is 16.9 Å². The number of aromatic nitrogens is 2. The number of hydrogen-bond donors (Lipinski definition) is 0. The molecule has 118 valence electrons. The van der Waals surface area contributed by atoms with Crippen LogP contribution >= 0.6 is 0 Å². The molecule has 0 saturated carbocycles. The lowest BCUT2D eigenvalue weighted by atomic mass is 10.1. The molecule has 4 nitrogen and oxygen atoms in total. The second-order valence-electron chi connectivity index (χ2n) is 5.04. The lowest BCUT2D eigenvalue weighted by Crippen LogP contribution is -2.24. The van der Waals surface area contributed by atoms with Crippen LogP contribution in [0.2, 0.25) is 0 Å². The van der Waals surface area contributed by atoms with Crippen LogP contribution in [-0.2, 0) is 11.2 Å². The molecule has 1 aromatic carbocycles. The van der Waals surface area contributed by atoms with Crippen molar-refractivity contribution in [3.05, 3.63) is 59.4 Å². The maximum absolute atomic E-state index is 13.0. The first kappa shape index (κ1) is 6.48. The second kappa shape index (κ2) is 5.88. The molecule has 0 radical (unpaired) electrons. The summed E-state index contributed by atoms with van der Waals surface area (Å²) in [6.45, 7) is -11.4. The number of pyridine rings is 1. The van der Waals surface area contributed by atoms with Gasteiger partial charge in [0.1, 0.15) is 5.65 Å². The lowest BCUT2D eigenvalue weighted by molar-refractivity contribution is -0.128. The van der Waals surface area contributed by atoms with E-state index in [9.17, 15) is 4.79 Å². The Morgan fingerprint density at radius 3 is 2.57 bits per heavy atom. The number of likely N-dealkylation sites (N-methyl/N-ethyl adjacent to an activating group) is 1. The molecule has 2 aromatic heterocycles. The zero-order chi connectivity index (χ0) is 26.6. The SMILES string of the molecule is [2H]C([2H])([2H])c1ccc(-c2nc3ccc(C([2H])([2H])[2H])cn3c2CC(=O)N(C([2H])([2H])[2H])C([2H])([2H])[2H])cc1. The molecule has 0 aliphatic rings. The van der Waals surface area contributed by atoms with Crippen molar-refractivity contribution in [3.63, 3.8) is 0 Å². The molecule has 2 heterocycles. The second-order valence-corrected chi connectivity index (χ2v) is 5.04. The minimum absolute atomic E-state index is 0.0521. The summed E-state index contributed by atoms with van der Waals surface area (Å²) in [4.78, 5) is 17.2. The Labute approximate surface area is 153 Å². The molecule has 0 fully saturated rings. The summed E-state index contributed by atoms with van der Waals surface area (Å²) in [6, 6.07) is 8.34. The minimum atomic E-state index is -3.26. The standard InChI is InChI=1S/C19H21N3O/c1-13-5-8-15(9-6-13)19-16(11-18(23)21(3)4)22-12-14(2)7-10-17(22)20-19/h5-10,12H,11H2,1-4H3/i1D3,2D3,3D3,4D3. The number of nitrogens with zero attached hydrogens (tertiary/aromatic N) is 3. The third-order valence-electron chi connectivity index (χ3n) is 3.44. The van der Waals surface area contributed by atoms with E-state index in [1.165, 1.54) is 47.0 Å². The van der Waals surface area contributed by atoms with E-state index in [0.717, 1.165) is 0 Å². The van der Waals surface area contributed by atoms with E-state index in [1.807, 2.05) is 0 Å². The molecule has 0 aliphatic carbocycles. The molecule has 0 unspecified atom stereocenters. The summed E-state index contributed by atoms with van der Waals surface area (Å²) in [5.41, 5.74) is 0.775. The number of carbonyl (C=O) groups is 1. The topological polar surface area (TPSA) is 37.6 Å². The Morgan fingerprint density at radius 2 is 1.87 bits per heavy atom. The van der Waals surface area contributed by atoms with Gasteiger partial charge in [-0.15, -0.1) is 0 Å². The summed E-state index contributed by atoms with van der Waals surface area (Å²) in [5, 5.41) is 0. The van der Waals surface area contributed by atoms with E-state index >= 15 is 0 Å². The highest BCUT2D eigenvalue weighted by Crippen LogP contribution is 2.26. The Hall–Kier alpha value is -2.62. The van der Waals surface area contributed by atoms with Crippen molar-refractivity contribution in [2.24, 2.45) is 0 Å². The van der Waals surface area contributed by atoms with E-state index in [0.29, 0.717) is 5.56 Å². The number of aryl methyl sites for hydroxylation is 2. The zero-order valence-electron chi connectivity index (χ0n) is 24.0. The highest BCUT2D eigenvalue weighted by Gasteiger charge is 2.18. The molecule has 23 heavy (non-hydrogen) atoms. The van der Waals surface area contributed by atoms with Crippen molar-refractivity contribution in [1.82, 2.24) is 14.3 Å². The molecular formula is C19H21N3O. The number of amides is 1. The maximum Gasteiger partial charge on any atom is 0.228 e. The quantitative estimate of drug-likeness (QED) is 0.743. The van der Waals surface area contributed by atoms with Crippen molar-refractivity contribution < 1.29 is 21.2 Å². The Kier molecular flexibility index (Phi) is 1.65. The van der Waals surface area contributed by atoms with Gasteiger partial charge in [0.15, 0.2) is 0 Å². The van der Waals surface area contributed by atoms with Gasteiger partial charge in [-0.3, -0.25) is 4.79 Å². The average molecular weight is 319 g/mol. The highest BCUT2D eigenvalue weighted by atomic mass is 16.2. The van der Waals surface area contributed by atoms with Crippen LogP contribution in [0.3, 0.4) is 0 Å². The van der Waals surface area contributed by atoms with Gasteiger partial charge in [0, 0.05) is 42.2 Å². The molecule has 0 N–H and O–H groups in total. The molecule has 0 spiro atoms. The Bertz CT molecular complexity index is 1220. The molecule has 4 heteroatoms. The molecule has 0 atom stereocenters. The summed E-state index contributed by atoms with van der Waals surface area (Å²) in [7, 11) is 0. The van der Waals surface area contributed by atoms with Crippen LogP contribution in [0, 0.1) is 13.7 Å². The molecule has 0 aliphatic heterocycles. The van der Waals surface area contributed by atoms with E-state index in [-0.39, 0.29) is 33.1 Å². The normalized spacial score (nSPS) is 20.9. The Morgan fingerprint density at radius 1 is 1.13 bits per heavy atom. The minimum Gasteiger partial charge on any atom is -0.348 e. The summed E-state index contributed by atoms with van der Waals surface area (Å²) in [5.74, 6) is -1.24. The number of fused-ring (bicyclic) bond motifs is 1. The van der Waals surface area contributed by atoms with Crippen molar-refractivity contribution in [2.45, 2.75) is 20.1 Å². The number of rotatable bonds is 3. The molecule has 0 bridgehead atoms. The predicted octanol–water partition coefficient (Wildman–Crippen LogP) is 3.25. The van der Waals surface area contributed by atoms with Crippen molar-refractivity contribution in [2.75, 3.05) is 14.0 Å². The number of carbonyl (C=O) groups excluding carboxylic acids is 1. The van der Waals surface area contributed by atoms with Crippen molar-refractivity contribution >= 4 is 11.6 Å². The van der Waals surface area contributed by atoms with Crippen molar-refractivity contribution in [1.29, 1.82) is 0 Å². The van der Waals surface area contributed by atoms with Gasteiger partial charge in [-0.25, -0.2) is 4.98 Å². The first-order chi connectivity index (χ1) is 15.8. The van der Waals surface area contributed by atoms with Gasteiger partial charge in [-0.1, -0.05) is 35.9 Å². The van der Waals surface area contributed by atoms with E-state index in [1.54, 1.807) is 0 Å². The molecule has 3 aromatic rings. The van der Waals surface area contributed by atoms with Gasteiger partial charge in [0.25, 0.3) is 0 Å². The van der Waals surface area contributed by atoms with Crippen LogP contribution in [0.1, 0.15) is 33.3 Å². The van der Waals surface area contributed by atoms with Crippen LogP contribution in [0.4, 0.5) is 0 Å². The van der Waals surface area contributed by atoms with Crippen molar-refractivity contribution in [3.8, 4) is 11.3 Å². The summed E-state index contributed by atoms with van der Waals surface area (Å²) >= 11 is 0. The van der Waals surface area contributed by atoms with Gasteiger partial charge in [-0.05, 0) is 25.3 Å². The first-order valence-electron chi connectivity index (χ1n) is 12.8. The fourth-order valence-corrected chi connectivity index (χ4v) is 2.34. The van der Waals surface area contributed by atoms with Gasteiger partial charge in [-0.2, -0.15) is 0 Å². The number of hydrogen-bond acceptors (Lipinski definition) is 2. The molecule has 0 saturated heterocycles. The fraction of sp³-hybridized carbons (Fsp3) is 0.263. The third kappa shape index (κ3) is 2.97. The largest absolute Gasteiger partial charge is 0.348 e.